The van der Waals surface area contributed by atoms with E-state index in [1.54, 1.807) is 0 Å². The van der Waals surface area contributed by atoms with Gasteiger partial charge in [0, 0.05) is 32.1 Å². The van der Waals surface area contributed by atoms with Gasteiger partial charge in [-0.15, -0.1) is 0 Å². The van der Waals surface area contributed by atoms with Crippen LogP contribution in [0.3, 0.4) is 0 Å². The van der Waals surface area contributed by atoms with Crippen molar-refractivity contribution in [1.82, 2.24) is 5.32 Å². The zero-order valence-electron chi connectivity index (χ0n) is 10.5. The maximum absolute atomic E-state index is 14.8. The van der Waals surface area contributed by atoms with Gasteiger partial charge in [-0.3, -0.25) is 0 Å². The molecule has 0 saturated carbocycles. The summed E-state index contributed by atoms with van der Waals surface area (Å²) in [7, 11) is 1.91. The van der Waals surface area contributed by atoms with Crippen molar-refractivity contribution in [2.75, 3.05) is 20.3 Å². The summed E-state index contributed by atoms with van der Waals surface area (Å²) in [6.45, 7) is 3.11. The molecule has 0 spiro atoms. The Morgan fingerprint density at radius 1 is 1.35 bits per heavy atom. The zero-order valence-corrected chi connectivity index (χ0v) is 10.5. The molecular formula is C14H20FNO. The summed E-state index contributed by atoms with van der Waals surface area (Å²) in [5, 5.41) is 3.18. The fraction of sp³-hybridized carbons (Fsp3) is 0.571. The Labute approximate surface area is 102 Å². The van der Waals surface area contributed by atoms with Gasteiger partial charge in [0.25, 0.3) is 0 Å². The fourth-order valence-corrected chi connectivity index (χ4v) is 2.24. The van der Waals surface area contributed by atoms with Crippen LogP contribution in [0.4, 0.5) is 4.39 Å². The van der Waals surface area contributed by atoms with E-state index in [1.165, 1.54) is 0 Å². The van der Waals surface area contributed by atoms with E-state index >= 15 is 0 Å². The van der Waals surface area contributed by atoms with Crippen molar-refractivity contribution in [3.63, 3.8) is 0 Å². The van der Waals surface area contributed by atoms with Crippen molar-refractivity contribution in [3.05, 3.63) is 35.4 Å². The molecule has 0 bridgehead atoms. The Hall–Kier alpha value is -0.930. The number of hydrogen-bond donors (Lipinski definition) is 1. The molecule has 1 fully saturated rings. The summed E-state index contributed by atoms with van der Waals surface area (Å²) in [6, 6.07) is 8.09. The van der Waals surface area contributed by atoms with Crippen molar-refractivity contribution in [3.8, 4) is 0 Å². The van der Waals surface area contributed by atoms with Crippen molar-refractivity contribution in [2.45, 2.75) is 31.5 Å². The lowest BCUT2D eigenvalue weighted by Gasteiger charge is -2.30. The van der Waals surface area contributed by atoms with Gasteiger partial charge in [-0.25, -0.2) is 4.39 Å². The standard InChI is InChI=1S/C14H20FNO/c1-11(16-2)12-4-3-5-13(10-12)14(15)6-8-17-9-7-14/h3-5,10-11,16H,6-9H2,1-2H3. The van der Waals surface area contributed by atoms with E-state index in [9.17, 15) is 4.39 Å². The molecule has 1 unspecified atom stereocenters. The Balaban J connectivity index is 2.25. The molecule has 1 N–H and O–H groups in total. The zero-order chi connectivity index (χ0) is 12.3. The van der Waals surface area contributed by atoms with Crippen LogP contribution in [0.25, 0.3) is 0 Å². The molecule has 0 amide bonds. The van der Waals surface area contributed by atoms with Gasteiger partial charge in [-0.05, 0) is 25.1 Å². The second-order valence-corrected chi connectivity index (χ2v) is 4.71. The third kappa shape index (κ3) is 2.67. The predicted molar refractivity (Wildman–Crippen MR) is 66.8 cm³/mol. The minimum Gasteiger partial charge on any atom is -0.381 e. The van der Waals surface area contributed by atoms with Gasteiger partial charge in [-0.1, -0.05) is 24.3 Å². The highest BCUT2D eigenvalue weighted by molar-refractivity contribution is 5.30. The van der Waals surface area contributed by atoms with Gasteiger partial charge in [0.1, 0.15) is 5.67 Å². The van der Waals surface area contributed by atoms with Gasteiger partial charge < -0.3 is 10.1 Å². The molecule has 0 radical (unpaired) electrons. The molecule has 1 saturated heterocycles. The Morgan fingerprint density at radius 2 is 2.06 bits per heavy atom. The molecular weight excluding hydrogens is 217 g/mol. The van der Waals surface area contributed by atoms with E-state index in [4.69, 9.17) is 4.74 Å². The lowest BCUT2D eigenvalue weighted by Crippen LogP contribution is -2.29. The lowest BCUT2D eigenvalue weighted by atomic mass is 9.87. The van der Waals surface area contributed by atoms with Crippen LogP contribution in [0.5, 0.6) is 0 Å². The molecule has 1 heterocycles. The summed E-state index contributed by atoms with van der Waals surface area (Å²) in [5.74, 6) is 0. The molecule has 0 aromatic heterocycles. The maximum atomic E-state index is 14.8. The van der Waals surface area contributed by atoms with E-state index in [0.29, 0.717) is 26.1 Å². The molecule has 1 aliphatic rings. The number of alkyl halides is 1. The van der Waals surface area contributed by atoms with E-state index < -0.39 is 5.67 Å². The lowest BCUT2D eigenvalue weighted by molar-refractivity contribution is -0.0115. The minimum atomic E-state index is -1.21. The summed E-state index contributed by atoms with van der Waals surface area (Å²) < 4.78 is 20.0. The number of ether oxygens (including phenoxy) is 1. The van der Waals surface area contributed by atoms with Crippen LogP contribution >= 0.6 is 0 Å². The van der Waals surface area contributed by atoms with Gasteiger partial charge in [-0.2, -0.15) is 0 Å². The van der Waals surface area contributed by atoms with E-state index in [2.05, 4.69) is 12.2 Å². The number of benzene rings is 1. The first-order chi connectivity index (χ1) is 8.15. The smallest absolute Gasteiger partial charge is 0.140 e. The maximum Gasteiger partial charge on any atom is 0.140 e. The van der Waals surface area contributed by atoms with Crippen molar-refractivity contribution in [1.29, 1.82) is 0 Å². The van der Waals surface area contributed by atoms with E-state index in [-0.39, 0.29) is 6.04 Å². The SMILES string of the molecule is CNC(C)c1cccc(C2(F)CCOCC2)c1. The van der Waals surface area contributed by atoms with Crippen LogP contribution in [0, 0.1) is 0 Å². The van der Waals surface area contributed by atoms with Gasteiger partial charge in [0.15, 0.2) is 0 Å². The van der Waals surface area contributed by atoms with Crippen LogP contribution in [-0.2, 0) is 10.4 Å². The van der Waals surface area contributed by atoms with Gasteiger partial charge in [0.2, 0.25) is 0 Å². The van der Waals surface area contributed by atoms with Gasteiger partial charge in [0.05, 0.1) is 0 Å². The highest BCUT2D eigenvalue weighted by Crippen LogP contribution is 2.36. The number of rotatable bonds is 3. The number of hydrogen-bond acceptors (Lipinski definition) is 2. The quantitative estimate of drug-likeness (QED) is 0.872. The van der Waals surface area contributed by atoms with E-state index in [1.807, 2.05) is 31.3 Å². The molecule has 3 heteroatoms. The number of nitrogens with one attached hydrogen (secondary N) is 1. The monoisotopic (exact) mass is 237 g/mol. The Bertz CT molecular complexity index is 374. The third-order valence-electron chi connectivity index (χ3n) is 3.62. The van der Waals surface area contributed by atoms with Crippen LogP contribution in [0.15, 0.2) is 24.3 Å². The predicted octanol–water partition coefficient (Wildman–Crippen LogP) is 2.94. The molecule has 94 valence electrons. The first-order valence-electron chi connectivity index (χ1n) is 6.20. The van der Waals surface area contributed by atoms with Gasteiger partial charge >= 0.3 is 0 Å². The van der Waals surface area contributed by atoms with Crippen LogP contribution in [0.2, 0.25) is 0 Å². The van der Waals surface area contributed by atoms with Crippen molar-refractivity contribution >= 4 is 0 Å². The first kappa shape index (κ1) is 12.5. The molecule has 1 aromatic rings. The average Bonchev–Trinajstić information content (AvgIpc) is 2.39. The summed E-state index contributed by atoms with van der Waals surface area (Å²) in [4.78, 5) is 0. The number of halogens is 1. The summed E-state index contributed by atoms with van der Waals surface area (Å²) in [5.41, 5.74) is 0.718. The Morgan fingerprint density at radius 3 is 2.71 bits per heavy atom. The molecule has 0 aliphatic carbocycles. The second kappa shape index (κ2) is 5.15. The molecule has 1 atom stereocenters. The third-order valence-corrected chi connectivity index (χ3v) is 3.62. The molecule has 1 aromatic carbocycles. The molecule has 2 rings (SSSR count). The largest absolute Gasteiger partial charge is 0.381 e. The highest BCUT2D eigenvalue weighted by Gasteiger charge is 2.34. The minimum absolute atomic E-state index is 0.249. The fourth-order valence-electron chi connectivity index (χ4n) is 2.24. The highest BCUT2D eigenvalue weighted by atomic mass is 19.1. The summed E-state index contributed by atoms with van der Waals surface area (Å²) >= 11 is 0. The molecule has 1 aliphatic heterocycles. The molecule has 17 heavy (non-hydrogen) atoms. The van der Waals surface area contributed by atoms with Crippen molar-refractivity contribution in [2.24, 2.45) is 0 Å². The summed E-state index contributed by atoms with van der Waals surface area (Å²) in [6.07, 6.45) is 0.925. The second-order valence-electron chi connectivity index (χ2n) is 4.71. The van der Waals surface area contributed by atoms with Crippen molar-refractivity contribution < 1.29 is 9.13 Å². The van der Waals surface area contributed by atoms with Crippen LogP contribution in [-0.4, -0.2) is 20.3 Å². The normalized spacial score (nSPS) is 21.1. The van der Waals surface area contributed by atoms with E-state index in [0.717, 1.165) is 11.1 Å². The first-order valence-corrected chi connectivity index (χ1v) is 6.20. The van der Waals surface area contributed by atoms with Crippen LogP contribution in [0.1, 0.15) is 36.9 Å². The average molecular weight is 237 g/mol. The Kier molecular flexibility index (Phi) is 3.79. The molecule has 2 nitrogen and oxygen atoms in total. The topological polar surface area (TPSA) is 21.3 Å². The van der Waals surface area contributed by atoms with Crippen LogP contribution < -0.4 is 5.32 Å².